The molecule has 1 amide bonds. The molecule has 0 radical (unpaired) electrons. The molecule has 1 aliphatic heterocycles. The van der Waals surface area contributed by atoms with E-state index in [0.29, 0.717) is 31.3 Å². The highest BCUT2D eigenvalue weighted by Gasteiger charge is 2.33. The summed E-state index contributed by atoms with van der Waals surface area (Å²) in [6.07, 6.45) is 0. The Morgan fingerprint density at radius 3 is 2.78 bits per heavy atom. The van der Waals surface area contributed by atoms with Crippen molar-refractivity contribution in [2.45, 2.75) is 19.5 Å². The first-order chi connectivity index (χ1) is 11.2. The number of amides is 1. The van der Waals surface area contributed by atoms with E-state index in [9.17, 15) is 4.79 Å². The normalized spacial score (nSPS) is 17.3. The van der Waals surface area contributed by atoms with Gasteiger partial charge in [-0.25, -0.2) is 0 Å². The van der Waals surface area contributed by atoms with Gasteiger partial charge in [-0.2, -0.15) is 0 Å². The van der Waals surface area contributed by atoms with E-state index in [-0.39, 0.29) is 11.9 Å². The number of carbonyl (C=O) groups excluding carboxylic acids is 1. The number of nitrogens with zero attached hydrogens (tertiary/aromatic N) is 4. The molecule has 0 aliphatic carbocycles. The van der Waals surface area contributed by atoms with Crippen molar-refractivity contribution in [1.82, 2.24) is 19.7 Å². The number of carbonyl (C=O) groups is 1. The highest BCUT2D eigenvalue weighted by molar-refractivity contribution is 5.82. The summed E-state index contributed by atoms with van der Waals surface area (Å²) in [7, 11) is 3.24. The van der Waals surface area contributed by atoms with Crippen molar-refractivity contribution in [3.63, 3.8) is 0 Å². The summed E-state index contributed by atoms with van der Waals surface area (Å²) in [5, 5.41) is 8.57. The Labute approximate surface area is 134 Å². The molecule has 0 saturated carbocycles. The van der Waals surface area contributed by atoms with Crippen LogP contribution in [0.2, 0.25) is 0 Å². The van der Waals surface area contributed by atoms with E-state index >= 15 is 0 Å². The van der Waals surface area contributed by atoms with Crippen LogP contribution in [0, 0.1) is 0 Å². The quantitative estimate of drug-likeness (QED) is 0.836. The number of hydrogen-bond donors (Lipinski definition) is 0. The Morgan fingerprint density at radius 1 is 1.26 bits per heavy atom. The molecule has 0 N–H and O–H groups in total. The van der Waals surface area contributed by atoms with Crippen LogP contribution in [0.25, 0.3) is 11.4 Å². The highest BCUT2D eigenvalue weighted by atomic mass is 16.5. The van der Waals surface area contributed by atoms with E-state index in [1.165, 1.54) is 0 Å². The minimum atomic E-state index is -0.356. The van der Waals surface area contributed by atoms with Gasteiger partial charge < -0.3 is 14.4 Å². The molecule has 2 aromatic rings. The van der Waals surface area contributed by atoms with Crippen LogP contribution >= 0.6 is 0 Å². The fraction of sp³-hybridized carbons (Fsp3) is 0.438. The van der Waals surface area contributed by atoms with Crippen molar-refractivity contribution in [1.29, 1.82) is 0 Å². The minimum Gasteiger partial charge on any atom is -0.496 e. The summed E-state index contributed by atoms with van der Waals surface area (Å²) in [6.45, 7) is 3.37. The average Bonchev–Trinajstić information content (AvgIpc) is 3.00. The lowest BCUT2D eigenvalue weighted by Gasteiger charge is -2.32. The molecule has 0 saturated heterocycles. The molecule has 7 nitrogen and oxygen atoms in total. The smallest absolute Gasteiger partial charge is 0.245 e. The summed E-state index contributed by atoms with van der Waals surface area (Å²) < 4.78 is 12.4. The molecule has 1 aromatic carbocycles. The van der Waals surface area contributed by atoms with E-state index in [2.05, 4.69) is 10.2 Å². The molecule has 1 atom stereocenters. The van der Waals surface area contributed by atoms with Crippen LogP contribution in [0.5, 0.6) is 5.75 Å². The largest absolute Gasteiger partial charge is 0.496 e. The second-order valence-corrected chi connectivity index (χ2v) is 5.44. The molecule has 1 aliphatic rings. The second kappa shape index (κ2) is 6.37. The number of para-hydroxylation sites is 1. The van der Waals surface area contributed by atoms with Crippen LogP contribution in [0.1, 0.15) is 18.8 Å². The average molecular weight is 316 g/mol. The Hall–Kier alpha value is -2.41. The second-order valence-electron chi connectivity index (χ2n) is 5.44. The summed E-state index contributed by atoms with van der Waals surface area (Å²) in [5.74, 6) is 2.19. The zero-order chi connectivity index (χ0) is 16.4. The Balaban J connectivity index is 2.00. The van der Waals surface area contributed by atoms with Crippen LogP contribution in [-0.4, -0.2) is 52.9 Å². The van der Waals surface area contributed by atoms with Crippen molar-refractivity contribution in [3.05, 3.63) is 30.1 Å². The van der Waals surface area contributed by atoms with Gasteiger partial charge in [-0.1, -0.05) is 12.1 Å². The maximum Gasteiger partial charge on any atom is 0.245 e. The van der Waals surface area contributed by atoms with Gasteiger partial charge in [-0.3, -0.25) is 9.36 Å². The maximum atomic E-state index is 12.6. The SMILES string of the molecule is COCCN1Cc2nnc(-c3ccccc3OC)n2[C@@H](C)C1=O. The Bertz CT molecular complexity index is 713. The first-order valence-electron chi connectivity index (χ1n) is 7.52. The predicted octanol–water partition coefficient (Wildman–Crippen LogP) is 1.50. The van der Waals surface area contributed by atoms with Crippen molar-refractivity contribution >= 4 is 5.91 Å². The third kappa shape index (κ3) is 2.68. The van der Waals surface area contributed by atoms with Gasteiger partial charge in [0.2, 0.25) is 5.91 Å². The third-order valence-corrected chi connectivity index (χ3v) is 4.07. The highest BCUT2D eigenvalue weighted by Crippen LogP contribution is 2.33. The Kier molecular flexibility index (Phi) is 4.29. The van der Waals surface area contributed by atoms with Gasteiger partial charge in [-0.05, 0) is 19.1 Å². The molecule has 0 unspecified atom stereocenters. The molecular formula is C16H20N4O3. The van der Waals surface area contributed by atoms with Gasteiger partial charge in [0.25, 0.3) is 0 Å². The topological polar surface area (TPSA) is 69.5 Å². The fourth-order valence-corrected chi connectivity index (χ4v) is 2.87. The van der Waals surface area contributed by atoms with Gasteiger partial charge in [0, 0.05) is 13.7 Å². The summed E-state index contributed by atoms with van der Waals surface area (Å²) in [6, 6.07) is 7.25. The summed E-state index contributed by atoms with van der Waals surface area (Å²) in [4.78, 5) is 14.3. The van der Waals surface area contributed by atoms with Gasteiger partial charge in [-0.15, -0.1) is 10.2 Å². The lowest BCUT2D eigenvalue weighted by atomic mass is 10.1. The Morgan fingerprint density at radius 2 is 2.04 bits per heavy atom. The third-order valence-electron chi connectivity index (χ3n) is 4.07. The van der Waals surface area contributed by atoms with Crippen LogP contribution in [-0.2, 0) is 16.1 Å². The number of ether oxygens (including phenoxy) is 2. The van der Waals surface area contributed by atoms with Gasteiger partial charge in [0.1, 0.15) is 11.8 Å². The van der Waals surface area contributed by atoms with E-state index in [0.717, 1.165) is 11.4 Å². The molecular weight excluding hydrogens is 296 g/mol. The van der Waals surface area contributed by atoms with Gasteiger partial charge >= 0.3 is 0 Å². The maximum absolute atomic E-state index is 12.6. The van der Waals surface area contributed by atoms with E-state index < -0.39 is 0 Å². The van der Waals surface area contributed by atoms with Crippen molar-refractivity contribution in [2.24, 2.45) is 0 Å². The molecule has 23 heavy (non-hydrogen) atoms. The molecule has 122 valence electrons. The minimum absolute atomic E-state index is 0.0468. The monoisotopic (exact) mass is 316 g/mol. The van der Waals surface area contributed by atoms with Crippen molar-refractivity contribution in [3.8, 4) is 17.1 Å². The molecule has 2 heterocycles. The molecule has 1 aromatic heterocycles. The molecule has 3 rings (SSSR count). The van der Waals surface area contributed by atoms with E-state index in [4.69, 9.17) is 9.47 Å². The number of rotatable bonds is 5. The van der Waals surface area contributed by atoms with E-state index in [1.807, 2.05) is 35.8 Å². The zero-order valence-electron chi connectivity index (χ0n) is 13.5. The first kappa shape index (κ1) is 15.5. The summed E-state index contributed by atoms with van der Waals surface area (Å²) >= 11 is 0. The first-order valence-corrected chi connectivity index (χ1v) is 7.52. The molecule has 0 bridgehead atoms. The summed E-state index contributed by atoms with van der Waals surface area (Å²) in [5.41, 5.74) is 0.832. The van der Waals surface area contributed by atoms with Crippen LogP contribution in [0.15, 0.2) is 24.3 Å². The fourth-order valence-electron chi connectivity index (χ4n) is 2.87. The van der Waals surface area contributed by atoms with E-state index in [1.54, 1.807) is 19.1 Å². The van der Waals surface area contributed by atoms with Crippen molar-refractivity contribution in [2.75, 3.05) is 27.4 Å². The van der Waals surface area contributed by atoms with Crippen LogP contribution < -0.4 is 4.74 Å². The van der Waals surface area contributed by atoms with Crippen LogP contribution in [0.3, 0.4) is 0 Å². The van der Waals surface area contributed by atoms with Gasteiger partial charge in [0.05, 0.1) is 25.8 Å². The number of methoxy groups -OCH3 is 2. The van der Waals surface area contributed by atoms with Gasteiger partial charge in [0.15, 0.2) is 11.6 Å². The predicted molar refractivity (Wildman–Crippen MR) is 84.0 cm³/mol. The zero-order valence-corrected chi connectivity index (χ0v) is 13.5. The van der Waals surface area contributed by atoms with Crippen LogP contribution in [0.4, 0.5) is 0 Å². The number of aromatic nitrogens is 3. The van der Waals surface area contributed by atoms with Crippen molar-refractivity contribution < 1.29 is 14.3 Å². The lowest BCUT2D eigenvalue weighted by molar-refractivity contribution is -0.137. The lowest BCUT2D eigenvalue weighted by Crippen LogP contribution is -2.43. The molecule has 0 spiro atoms. The molecule has 0 fully saturated rings. The standard InChI is InChI=1S/C16H20N4O3/c1-11-16(21)19(8-9-22-2)10-14-17-18-15(20(11)14)12-6-4-5-7-13(12)23-3/h4-7,11H,8-10H2,1-3H3/t11-/m0/s1. The number of fused-ring (bicyclic) bond motifs is 1. The number of benzene rings is 1. The number of hydrogen-bond acceptors (Lipinski definition) is 5. The molecule has 7 heteroatoms.